The Morgan fingerprint density at radius 1 is 1.16 bits per heavy atom. The van der Waals surface area contributed by atoms with Crippen molar-refractivity contribution < 1.29 is 19.0 Å². The van der Waals surface area contributed by atoms with Gasteiger partial charge in [0.25, 0.3) is 0 Å². The molecule has 0 bridgehead atoms. The summed E-state index contributed by atoms with van der Waals surface area (Å²) in [5, 5.41) is 9.75. The van der Waals surface area contributed by atoms with Crippen molar-refractivity contribution in [3.63, 3.8) is 0 Å². The van der Waals surface area contributed by atoms with Crippen LogP contribution in [0.25, 0.3) is 0 Å². The molecule has 2 unspecified atom stereocenters. The van der Waals surface area contributed by atoms with Crippen molar-refractivity contribution in [1.82, 2.24) is 0 Å². The number of ether oxygens (including phenoxy) is 1. The van der Waals surface area contributed by atoms with E-state index in [-0.39, 0.29) is 24.0 Å². The number of aromatic carboxylic acids is 1. The molecule has 4 nitrogen and oxygen atoms in total. The molecule has 0 saturated heterocycles. The minimum Gasteiger partial charge on any atom is -0.489 e. The smallest absolute Gasteiger partial charge is 0.337 e. The number of anilines is 1. The van der Waals surface area contributed by atoms with Gasteiger partial charge in [-0.25, -0.2) is 9.18 Å². The van der Waals surface area contributed by atoms with Crippen molar-refractivity contribution >= 4 is 27.6 Å². The first-order chi connectivity index (χ1) is 15.3. The Bertz CT molecular complexity index is 1190. The van der Waals surface area contributed by atoms with Crippen LogP contribution in [0.15, 0.2) is 78.9 Å². The van der Waals surface area contributed by atoms with Crippen LogP contribution in [0, 0.1) is 12.7 Å². The summed E-state index contributed by atoms with van der Waals surface area (Å²) in [6.45, 7) is 4.13. The van der Waals surface area contributed by atoms with Crippen LogP contribution in [0.2, 0.25) is 0 Å². The minimum absolute atomic E-state index is 0.223. The van der Waals surface area contributed by atoms with Gasteiger partial charge in [-0.1, -0.05) is 64.5 Å². The van der Waals surface area contributed by atoms with Gasteiger partial charge in [0.05, 0.1) is 17.3 Å². The summed E-state index contributed by atoms with van der Waals surface area (Å²) in [6, 6.07) is 19.0. The number of para-hydroxylation sites is 2. The van der Waals surface area contributed by atoms with Crippen LogP contribution < -0.4 is 9.64 Å². The van der Waals surface area contributed by atoms with Crippen LogP contribution in [0.4, 0.5) is 10.1 Å². The number of hydrogen-bond acceptors (Lipinski definition) is 3. The van der Waals surface area contributed by atoms with Gasteiger partial charge in [0.15, 0.2) is 0 Å². The minimum atomic E-state index is -0.985. The molecular formula is C26H23BrFNO3. The molecule has 32 heavy (non-hydrogen) atoms. The third kappa shape index (κ3) is 4.28. The van der Waals surface area contributed by atoms with Gasteiger partial charge in [0.1, 0.15) is 22.6 Å². The summed E-state index contributed by atoms with van der Waals surface area (Å²) in [5.41, 5.74) is 3.45. The fourth-order valence-electron chi connectivity index (χ4n) is 4.01. The van der Waals surface area contributed by atoms with Crippen LogP contribution in [-0.2, 0) is 6.61 Å². The van der Waals surface area contributed by atoms with Crippen LogP contribution in [-0.4, -0.2) is 15.5 Å². The molecule has 6 heteroatoms. The van der Waals surface area contributed by atoms with E-state index in [0.29, 0.717) is 11.4 Å². The zero-order chi connectivity index (χ0) is 22.9. The molecule has 0 radical (unpaired) electrons. The van der Waals surface area contributed by atoms with Gasteiger partial charge in [-0.3, -0.25) is 0 Å². The standard InChI is InChI=1S/C26H23BrFNO3/c1-17-11-12-19(28)15-18(17)16-32-24-10-6-4-7-20(24)23-13-14-26(2,27)29(23)22-9-5-3-8-21(22)25(30)31/h3-15,23H,16H2,1-2H3,(H,30,31). The van der Waals surface area contributed by atoms with E-state index in [0.717, 1.165) is 16.7 Å². The Morgan fingerprint density at radius 2 is 1.88 bits per heavy atom. The Kier molecular flexibility index (Phi) is 6.07. The zero-order valence-electron chi connectivity index (χ0n) is 17.8. The second-order valence-electron chi connectivity index (χ2n) is 7.92. The number of hydrogen-bond donors (Lipinski definition) is 1. The molecule has 1 aliphatic heterocycles. The van der Waals surface area contributed by atoms with Gasteiger partial charge in [0.2, 0.25) is 0 Å². The summed E-state index contributed by atoms with van der Waals surface area (Å²) in [4.78, 5) is 13.9. The van der Waals surface area contributed by atoms with Gasteiger partial charge in [-0.05, 0) is 55.3 Å². The lowest BCUT2D eigenvalue weighted by atomic mass is 10.0. The highest BCUT2D eigenvalue weighted by atomic mass is 79.9. The largest absolute Gasteiger partial charge is 0.489 e. The molecule has 3 aromatic rings. The lowest BCUT2D eigenvalue weighted by Crippen LogP contribution is -2.39. The number of alkyl halides is 1. The van der Waals surface area contributed by atoms with E-state index in [9.17, 15) is 14.3 Å². The molecule has 0 spiro atoms. The van der Waals surface area contributed by atoms with E-state index < -0.39 is 10.4 Å². The quantitative estimate of drug-likeness (QED) is 0.236. The molecule has 164 valence electrons. The SMILES string of the molecule is Cc1ccc(F)cc1COc1ccccc1C1C=CC(C)(Br)N1c1ccccc1C(=O)O. The molecule has 2 atom stereocenters. The average molecular weight is 496 g/mol. The molecule has 0 amide bonds. The highest BCUT2D eigenvalue weighted by Crippen LogP contribution is 2.47. The molecule has 4 rings (SSSR count). The predicted octanol–water partition coefficient (Wildman–Crippen LogP) is 6.64. The third-order valence-corrected chi connectivity index (χ3v) is 6.30. The topological polar surface area (TPSA) is 49.8 Å². The first kappa shape index (κ1) is 22.1. The Balaban J connectivity index is 1.71. The predicted molar refractivity (Wildman–Crippen MR) is 127 cm³/mol. The molecule has 0 aromatic heterocycles. The van der Waals surface area contributed by atoms with Crippen LogP contribution in [0.1, 0.15) is 40.0 Å². The van der Waals surface area contributed by atoms with E-state index >= 15 is 0 Å². The Morgan fingerprint density at radius 3 is 2.66 bits per heavy atom. The van der Waals surface area contributed by atoms with Gasteiger partial charge < -0.3 is 14.7 Å². The highest BCUT2D eigenvalue weighted by molar-refractivity contribution is 9.10. The van der Waals surface area contributed by atoms with Crippen LogP contribution in [0.5, 0.6) is 5.75 Å². The average Bonchev–Trinajstić information content (AvgIpc) is 3.09. The van der Waals surface area contributed by atoms with E-state index in [4.69, 9.17) is 4.74 Å². The first-order valence-corrected chi connectivity index (χ1v) is 11.0. The van der Waals surface area contributed by atoms with Crippen molar-refractivity contribution in [3.05, 3.63) is 107 Å². The zero-order valence-corrected chi connectivity index (χ0v) is 19.3. The number of halogens is 2. The Labute approximate surface area is 195 Å². The summed E-state index contributed by atoms with van der Waals surface area (Å²) in [5.74, 6) is -0.623. The molecule has 1 N–H and O–H groups in total. The summed E-state index contributed by atoms with van der Waals surface area (Å²) in [7, 11) is 0. The fraction of sp³-hybridized carbons (Fsp3) is 0.192. The maximum Gasteiger partial charge on any atom is 0.337 e. The number of aryl methyl sites for hydroxylation is 1. The maximum absolute atomic E-state index is 13.7. The molecular weight excluding hydrogens is 473 g/mol. The van der Waals surface area contributed by atoms with Gasteiger partial charge in [0, 0.05) is 5.56 Å². The molecule has 1 heterocycles. The van der Waals surface area contributed by atoms with Gasteiger partial charge in [-0.2, -0.15) is 0 Å². The van der Waals surface area contributed by atoms with Crippen molar-refractivity contribution in [1.29, 1.82) is 0 Å². The molecule has 1 aliphatic rings. The highest BCUT2D eigenvalue weighted by Gasteiger charge is 2.40. The first-order valence-electron chi connectivity index (χ1n) is 10.2. The normalized spacial score (nSPS) is 19.9. The number of nitrogens with zero attached hydrogens (tertiary/aromatic N) is 1. The van der Waals surface area contributed by atoms with Crippen LogP contribution in [0.3, 0.4) is 0 Å². The van der Waals surface area contributed by atoms with E-state index in [1.165, 1.54) is 12.1 Å². The van der Waals surface area contributed by atoms with E-state index in [1.807, 2.05) is 67.3 Å². The lowest BCUT2D eigenvalue weighted by Gasteiger charge is -2.38. The van der Waals surface area contributed by atoms with Crippen molar-refractivity contribution in [2.45, 2.75) is 30.9 Å². The summed E-state index contributed by atoms with van der Waals surface area (Å²) in [6.07, 6.45) is 4.03. The maximum atomic E-state index is 13.7. The van der Waals surface area contributed by atoms with Crippen LogP contribution >= 0.6 is 15.9 Å². The summed E-state index contributed by atoms with van der Waals surface area (Å²) >= 11 is 3.75. The number of benzene rings is 3. The second kappa shape index (κ2) is 8.79. The van der Waals surface area contributed by atoms with Gasteiger partial charge in [-0.15, -0.1) is 0 Å². The van der Waals surface area contributed by atoms with Crippen molar-refractivity contribution in [3.8, 4) is 5.75 Å². The number of carboxylic acid groups (broad SMARTS) is 1. The molecule has 0 fully saturated rings. The number of rotatable bonds is 6. The third-order valence-electron chi connectivity index (χ3n) is 5.66. The molecule has 0 aliphatic carbocycles. The second-order valence-corrected chi connectivity index (χ2v) is 9.52. The van der Waals surface area contributed by atoms with Crippen molar-refractivity contribution in [2.75, 3.05) is 4.90 Å². The molecule has 3 aromatic carbocycles. The number of carbonyl (C=O) groups is 1. The summed E-state index contributed by atoms with van der Waals surface area (Å²) < 4.78 is 19.3. The fourth-order valence-corrected chi connectivity index (χ4v) is 4.57. The van der Waals surface area contributed by atoms with Crippen molar-refractivity contribution in [2.24, 2.45) is 0 Å². The monoisotopic (exact) mass is 495 g/mol. The number of carboxylic acids is 1. The molecule has 0 saturated carbocycles. The van der Waals surface area contributed by atoms with E-state index in [1.54, 1.807) is 18.2 Å². The van der Waals surface area contributed by atoms with Gasteiger partial charge >= 0.3 is 5.97 Å². The Hall–Kier alpha value is -3.12. The lowest BCUT2D eigenvalue weighted by molar-refractivity contribution is 0.0697. The van der Waals surface area contributed by atoms with E-state index in [2.05, 4.69) is 15.9 Å².